The summed E-state index contributed by atoms with van der Waals surface area (Å²) in [5.41, 5.74) is 4.56. The van der Waals surface area contributed by atoms with E-state index in [1.165, 1.54) is 18.1 Å². The molecule has 0 spiro atoms. The first kappa shape index (κ1) is 34.8. The van der Waals surface area contributed by atoms with E-state index in [9.17, 15) is 9.59 Å². The number of rotatable bonds is 7. The minimum Gasteiger partial charge on any atom is -0.354 e. The molecule has 41 heavy (non-hydrogen) atoms. The standard InChI is InChI=1S/C22H18N2O2.C11H18.2C2H6/c1-4-13-17(5-2)23-18-11-16-20(12-15(18)21(13)25)24(6-3)19-10-8-7-9-14(19)22(16)26;1-5-8-11(9-6-2)10(4)7-3;2*1-2/h4-5,7-12H,1-2,6H2,3H3,(H,23,25);5-6,8-10H,1,7H2,2-4H3;2*1-2H3/b;9-6-,11-8+;;. The van der Waals surface area contributed by atoms with E-state index in [4.69, 9.17) is 0 Å². The molecule has 4 rings (SSSR count). The molecule has 2 aromatic heterocycles. The van der Waals surface area contributed by atoms with Gasteiger partial charge < -0.3 is 9.55 Å². The number of benzene rings is 2. The molecule has 2 aromatic carbocycles. The Morgan fingerprint density at radius 2 is 1.56 bits per heavy atom. The average molecular weight is 553 g/mol. The summed E-state index contributed by atoms with van der Waals surface area (Å²) in [7, 11) is 0. The van der Waals surface area contributed by atoms with Crippen molar-refractivity contribution in [2.45, 2.75) is 68.4 Å². The van der Waals surface area contributed by atoms with E-state index in [0.29, 0.717) is 45.4 Å². The second-order valence-corrected chi connectivity index (χ2v) is 8.91. The topological polar surface area (TPSA) is 54.9 Å². The molecule has 1 unspecified atom stereocenters. The van der Waals surface area contributed by atoms with E-state index < -0.39 is 0 Å². The van der Waals surface area contributed by atoms with E-state index in [1.807, 2.05) is 71.9 Å². The number of hydrogen-bond donors (Lipinski definition) is 1. The molecule has 0 saturated carbocycles. The van der Waals surface area contributed by atoms with Gasteiger partial charge in [0.25, 0.3) is 0 Å². The van der Waals surface area contributed by atoms with E-state index in [-0.39, 0.29) is 10.9 Å². The van der Waals surface area contributed by atoms with Crippen LogP contribution in [0.25, 0.3) is 44.9 Å². The monoisotopic (exact) mass is 552 g/mol. The minimum atomic E-state index is -0.117. The Hall–Kier alpha value is -4.18. The molecular weight excluding hydrogens is 504 g/mol. The average Bonchev–Trinajstić information content (AvgIpc) is 3.02. The van der Waals surface area contributed by atoms with Gasteiger partial charge in [-0.15, -0.1) is 0 Å². The van der Waals surface area contributed by atoms with Crippen molar-refractivity contribution in [3.05, 3.63) is 118 Å². The number of allylic oxidation sites excluding steroid dienone is 5. The minimum absolute atomic E-state index is 0.0315. The molecule has 2 heterocycles. The molecule has 0 saturated heterocycles. The van der Waals surface area contributed by atoms with Crippen molar-refractivity contribution in [3.8, 4) is 0 Å². The maximum atomic E-state index is 13.0. The lowest BCUT2D eigenvalue weighted by atomic mass is 9.98. The normalized spacial score (nSPS) is 11.6. The molecular formula is C37H48N2O2. The summed E-state index contributed by atoms with van der Waals surface area (Å²) in [6.45, 7) is 28.4. The SMILES string of the molecule is C=C/C=C(\C=C/C)C(C)CC.C=Cc1[nH]c2cc3c(=O)c4ccccc4n(CC)c3cc2c(=O)c1C=C.CC.CC. The van der Waals surface area contributed by atoms with Crippen molar-refractivity contribution < 1.29 is 0 Å². The maximum Gasteiger partial charge on any atom is 0.197 e. The van der Waals surface area contributed by atoms with Crippen molar-refractivity contribution >= 4 is 44.9 Å². The first-order valence-corrected chi connectivity index (χ1v) is 14.7. The van der Waals surface area contributed by atoms with E-state index in [2.05, 4.69) is 61.4 Å². The molecule has 4 heteroatoms. The highest BCUT2D eigenvalue weighted by molar-refractivity contribution is 6.01. The zero-order valence-electron chi connectivity index (χ0n) is 26.3. The third-order valence-electron chi connectivity index (χ3n) is 6.73. The van der Waals surface area contributed by atoms with Crippen LogP contribution in [0.4, 0.5) is 0 Å². The van der Waals surface area contributed by atoms with Gasteiger partial charge in [0.1, 0.15) is 0 Å². The van der Waals surface area contributed by atoms with Crippen LogP contribution < -0.4 is 10.9 Å². The van der Waals surface area contributed by atoms with Crippen molar-refractivity contribution in [1.82, 2.24) is 9.55 Å². The van der Waals surface area contributed by atoms with Crippen LogP contribution >= 0.6 is 0 Å². The summed E-state index contributed by atoms with van der Waals surface area (Å²) >= 11 is 0. The second-order valence-electron chi connectivity index (χ2n) is 8.91. The lowest BCUT2D eigenvalue weighted by Crippen LogP contribution is -2.14. The molecule has 0 fully saturated rings. The molecule has 0 aliphatic heterocycles. The fraction of sp³-hybridized carbons (Fsp3) is 0.297. The predicted molar refractivity (Wildman–Crippen MR) is 185 cm³/mol. The molecule has 218 valence electrons. The van der Waals surface area contributed by atoms with Crippen LogP contribution in [0.15, 0.2) is 95.6 Å². The molecule has 0 aliphatic carbocycles. The van der Waals surface area contributed by atoms with Gasteiger partial charge in [0, 0.05) is 34.0 Å². The van der Waals surface area contributed by atoms with Crippen LogP contribution in [0.1, 0.15) is 73.1 Å². The van der Waals surface area contributed by atoms with Gasteiger partial charge in [-0.1, -0.05) is 104 Å². The number of para-hydroxylation sites is 1. The summed E-state index contributed by atoms with van der Waals surface area (Å²) in [5.74, 6) is 0.643. The lowest BCUT2D eigenvalue weighted by Gasteiger charge is -2.14. The smallest absolute Gasteiger partial charge is 0.197 e. The highest BCUT2D eigenvalue weighted by Gasteiger charge is 2.14. The molecule has 0 radical (unpaired) electrons. The van der Waals surface area contributed by atoms with Gasteiger partial charge in [0.15, 0.2) is 10.9 Å². The van der Waals surface area contributed by atoms with Crippen molar-refractivity contribution in [3.63, 3.8) is 0 Å². The number of aromatic amines is 1. The molecule has 4 aromatic rings. The third-order valence-corrected chi connectivity index (χ3v) is 6.73. The van der Waals surface area contributed by atoms with Gasteiger partial charge in [-0.2, -0.15) is 0 Å². The quantitative estimate of drug-likeness (QED) is 0.183. The zero-order chi connectivity index (χ0) is 31.1. The summed E-state index contributed by atoms with van der Waals surface area (Å²) in [5, 5.41) is 1.81. The number of aromatic nitrogens is 2. The number of nitrogens with one attached hydrogen (secondary N) is 1. The van der Waals surface area contributed by atoms with Crippen LogP contribution in [0.5, 0.6) is 0 Å². The Bertz CT molecular complexity index is 1660. The number of aryl methyl sites for hydroxylation is 1. The first-order valence-electron chi connectivity index (χ1n) is 14.7. The maximum absolute atomic E-state index is 13.0. The van der Waals surface area contributed by atoms with Gasteiger partial charge in [0.05, 0.1) is 16.6 Å². The fourth-order valence-electron chi connectivity index (χ4n) is 4.59. The Morgan fingerprint density at radius 1 is 0.902 bits per heavy atom. The molecule has 4 nitrogen and oxygen atoms in total. The number of fused-ring (bicyclic) bond motifs is 3. The van der Waals surface area contributed by atoms with E-state index in [0.717, 1.165) is 11.0 Å². The van der Waals surface area contributed by atoms with Crippen LogP contribution in [-0.4, -0.2) is 9.55 Å². The van der Waals surface area contributed by atoms with Crippen LogP contribution in [-0.2, 0) is 6.54 Å². The van der Waals surface area contributed by atoms with Gasteiger partial charge in [-0.25, -0.2) is 0 Å². The van der Waals surface area contributed by atoms with Crippen LogP contribution in [0.3, 0.4) is 0 Å². The Kier molecular flexibility index (Phi) is 14.9. The summed E-state index contributed by atoms with van der Waals surface area (Å²) in [4.78, 5) is 29.1. The van der Waals surface area contributed by atoms with Crippen LogP contribution in [0.2, 0.25) is 0 Å². The number of H-pyrrole nitrogens is 1. The van der Waals surface area contributed by atoms with Gasteiger partial charge in [-0.05, 0) is 62.1 Å². The Balaban J connectivity index is 0.000000475. The van der Waals surface area contributed by atoms with E-state index >= 15 is 0 Å². The van der Waals surface area contributed by atoms with E-state index in [1.54, 1.807) is 18.2 Å². The molecule has 0 bridgehead atoms. The third kappa shape index (κ3) is 7.73. The number of nitrogens with zero attached hydrogens (tertiary/aromatic N) is 1. The molecule has 1 atom stereocenters. The van der Waals surface area contributed by atoms with Gasteiger partial charge in [-0.3, -0.25) is 9.59 Å². The van der Waals surface area contributed by atoms with Crippen molar-refractivity contribution in [1.29, 1.82) is 0 Å². The number of pyridine rings is 2. The first-order chi connectivity index (χ1) is 19.9. The van der Waals surface area contributed by atoms with Gasteiger partial charge >= 0.3 is 0 Å². The number of hydrogen-bond acceptors (Lipinski definition) is 2. The highest BCUT2D eigenvalue weighted by atomic mass is 16.1. The predicted octanol–water partition coefficient (Wildman–Crippen LogP) is 10.1. The summed E-state index contributed by atoms with van der Waals surface area (Å²) in [6, 6.07) is 11.1. The second kappa shape index (κ2) is 17.5. The fourth-order valence-corrected chi connectivity index (χ4v) is 4.59. The highest BCUT2D eigenvalue weighted by Crippen LogP contribution is 2.24. The van der Waals surface area contributed by atoms with Crippen molar-refractivity contribution in [2.75, 3.05) is 0 Å². The largest absolute Gasteiger partial charge is 0.354 e. The summed E-state index contributed by atoms with van der Waals surface area (Å²) in [6.07, 6.45) is 12.5. The van der Waals surface area contributed by atoms with Crippen LogP contribution in [0, 0.1) is 5.92 Å². The zero-order valence-corrected chi connectivity index (χ0v) is 26.3. The van der Waals surface area contributed by atoms with Gasteiger partial charge in [0.2, 0.25) is 0 Å². The Morgan fingerprint density at radius 3 is 2.10 bits per heavy atom. The molecule has 1 N–H and O–H groups in total. The summed E-state index contributed by atoms with van der Waals surface area (Å²) < 4.78 is 2.07. The lowest BCUT2D eigenvalue weighted by molar-refractivity contribution is 0.670. The van der Waals surface area contributed by atoms with Crippen molar-refractivity contribution in [2.24, 2.45) is 5.92 Å². The molecule has 0 aliphatic rings. The Labute approximate surface area is 246 Å². The molecule has 0 amide bonds.